The van der Waals surface area contributed by atoms with E-state index >= 15 is 0 Å². The van der Waals surface area contributed by atoms with Gasteiger partial charge in [0.05, 0.1) is 20.6 Å². The molecule has 3 rings (SSSR count). The minimum Gasteiger partial charge on any atom is -0.457 e. The van der Waals surface area contributed by atoms with Gasteiger partial charge in [-0.05, 0) is 24.3 Å². The van der Waals surface area contributed by atoms with Crippen LogP contribution < -0.4 is 5.32 Å². The summed E-state index contributed by atoms with van der Waals surface area (Å²) in [5, 5.41) is 33.1. The summed E-state index contributed by atoms with van der Waals surface area (Å²) in [5.41, 5.74) is -1.24. The molecule has 0 atom stereocenters. The van der Waals surface area contributed by atoms with Gasteiger partial charge < -0.3 is 9.73 Å². The van der Waals surface area contributed by atoms with Crippen LogP contribution in [0.15, 0.2) is 58.5 Å². The zero-order chi connectivity index (χ0) is 23.4. The van der Waals surface area contributed by atoms with Crippen LogP contribution in [0.1, 0.15) is 5.76 Å². The van der Waals surface area contributed by atoms with Gasteiger partial charge in [-0.1, -0.05) is 11.6 Å². The lowest BCUT2D eigenvalue weighted by atomic mass is 10.1. The molecule has 0 saturated heterocycles. The summed E-state index contributed by atoms with van der Waals surface area (Å²) in [6, 6.07) is 10.9. The number of nitrogens with zero attached hydrogens (tertiary/aromatic N) is 3. The standard InChI is InChI=1S/C20H10ClFN4O6/c21-16-8-12(25(28)29)1-4-15(16)19-6-3-14(32-19)7-11(10-23)20(27)24-18-9-13(26(30)31)2-5-17(18)22/h1-9H,(H,24,27)/b11-7+. The summed E-state index contributed by atoms with van der Waals surface area (Å²) in [6.07, 6.45) is 1.08. The van der Waals surface area contributed by atoms with Gasteiger partial charge in [0.1, 0.15) is 29.0 Å². The second kappa shape index (κ2) is 9.07. The van der Waals surface area contributed by atoms with Crippen molar-refractivity contribution in [1.29, 1.82) is 5.26 Å². The number of carbonyl (C=O) groups is 1. The number of hydrogen-bond donors (Lipinski definition) is 1. The molecule has 0 radical (unpaired) electrons. The van der Waals surface area contributed by atoms with Crippen molar-refractivity contribution in [2.45, 2.75) is 0 Å². The van der Waals surface area contributed by atoms with Crippen molar-refractivity contribution in [3.8, 4) is 17.4 Å². The van der Waals surface area contributed by atoms with E-state index in [-0.39, 0.29) is 22.2 Å². The highest BCUT2D eigenvalue weighted by atomic mass is 35.5. The quantitative estimate of drug-likeness (QED) is 0.234. The van der Waals surface area contributed by atoms with E-state index in [2.05, 4.69) is 5.32 Å². The van der Waals surface area contributed by atoms with Gasteiger partial charge in [0.15, 0.2) is 0 Å². The zero-order valence-electron chi connectivity index (χ0n) is 15.7. The van der Waals surface area contributed by atoms with Crippen molar-refractivity contribution in [1.82, 2.24) is 0 Å². The average molecular weight is 457 g/mol. The third kappa shape index (κ3) is 4.77. The molecule has 10 nitrogen and oxygen atoms in total. The molecule has 0 aliphatic carbocycles. The van der Waals surface area contributed by atoms with Crippen LogP contribution in [-0.4, -0.2) is 15.8 Å². The van der Waals surface area contributed by atoms with Crippen LogP contribution in [0.5, 0.6) is 0 Å². The van der Waals surface area contributed by atoms with E-state index in [1.165, 1.54) is 24.3 Å². The first-order valence-corrected chi connectivity index (χ1v) is 8.98. The maximum atomic E-state index is 13.9. The summed E-state index contributed by atoms with van der Waals surface area (Å²) < 4.78 is 19.4. The number of benzene rings is 2. The largest absolute Gasteiger partial charge is 0.457 e. The highest BCUT2D eigenvalue weighted by molar-refractivity contribution is 6.33. The Morgan fingerprint density at radius 3 is 2.38 bits per heavy atom. The number of nitrogens with one attached hydrogen (secondary N) is 1. The highest BCUT2D eigenvalue weighted by Crippen LogP contribution is 2.32. The summed E-state index contributed by atoms with van der Waals surface area (Å²) in [5.74, 6) is -1.65. The molecule has 1 aromatic heterocycles. The first-order chi connectivity index (χ1) is 15.2. The van der Waals surface area contributed by atoms with E-state index in [0.29, 0.717) is 5.56 Å². The van der Waals surface area contributed by atoms with Crippen molar-refractivity contribution in [2.75, 3.05) is 5.32 Å². The molecular weight excluding hydrogens is 447 g/mol. The van der Waals surface area contributed by atoms with E-state index < -0.39 is 38.5 Å². The van der Waals surface area contributed by atoms with Gasteiger partial charge in [0.2, 0.25) is 0 Å². The van der Waals surface area contributed by atoms with Crippen molar-refractivity contribution in [3.63, 3.8) is 0 Å². The van der Waals surface area contributed by atoms with Crippen LogP contribution in [0.3, 0.4) is 0 Å². The van der Waals surface area contributed by atoms with E-state index in [1.807, 2.05) is 0 Å². The van der Waals surface area contributed by atoms with Gasteiger partial charge in [-0.3, -0.25) is 25.0 Å². The number of amides is 1. The molecule has 12 heteroatoms. The van der Waals surface area contributed by atoms with Gasteiger partial charge in [0, 0.05) is 35.9 Å². The molecular formula is C20H10ClFN4O6. The normalized spacial score (nSPS) is 11.0. The first-order valence-electron chi connectivity index (χ1n) is 8.61. The van der Waals surface area contributed by atoms with Gasteiger partial charge in [0.25, 0.3) is 17.3 Å². The number of carbonyl (C=O) groups excluding carboxylic acids is 1. The topological polar surface area (TPSA) is 152 Å². The Morgan fingerprint density at radius 2 is 1.75 bits per heavy atom. The Balaban J connectivity index is 1.85. The Hall–Kier alpha value is -4.56. The number of rotatable bonds is 6. The lowest BCUT2D eigenvalue weighted by Gasteiger charge is -2.05. The summed E-state index contributed by atoms with van der Waals surface area (Å²) in [4.78, 5) is 32.6. The predicted octanol–water partition coefficient (Wildman–Crippen LogP) is 5.10. The second-order valence-corrected chi connectivity index (χ2v) is 6.58. The number of nitro groups is 2. The van der Waals surface area contributed by atoms with Crippen LogP contribution in [-0.2, 0) is 4.79 Å². The van der Waals surface area contributed by atoms with Gasteiger partial charge in [-0.15, -0.1) is 0 Å². The molecule has 3 aromatic rings. The van der Waals surface area contributed by atoms with Gasteiger partial charge >= 0.3 is 0 Å². The Morgan fingerprint density at radius 1 is 1.09 bits per heavy atom. The van der Waals surface area contributed by atoms with Crippen LogP contribution in [0.25, 0.3) is 17.4 Å². The fourth-order valence-corrected chi connectivity index (χ4v) is 2.86. The maximum absolute atomic E-state index is 13.9. The molecule has 0 aliphatic heterocycles. The minimum absolute atomic E-state index is 0.0588. The number of hydrogen-bond acceptors (Lipinski definition) is 7. The molecule has 0 fully saturated rings. The fraction of sp³-hybridized carbons (Fsp3) is 0. The lowest BCUT2D eigenvalue weighted by molar-refractivity contribution is -0.385. The Kier molecular flexibility index (Phi) is 6.27. The molecule has 32 heavy (non-hydrogen) atoms. The molecule has 2 aromatic carbocycles. The number of non-ortho nitro benzene ring substituents is 2. The number of anilines is 1. The fourth-order valence-electron chi connectivity index (χ4n) is 2.60. The van der Waals surface area contributed by atoms with E-state index in [4.69, 9.17) is 16.0 Å². The van der Waals surface area contributed by atoms with Crippen molar-refractivity contribution < 1.29 is 23.4 Å². The molecule has 1 N–H and O–H groups in total. The number of halogens is 2. The van der Waals surface area contributed by atoms with E-state index in [0.717, 1.165) is 30.3 Å². The molecule has 0 saturated carbocycles. The maximum Gasteiger partial charge on any atom is 0.271 e. The molecule has 0 bridgehead atoms. The van der Waals surface area contributed by atoms with Crippen molar-refractivity contribution in [2.24, 2.45) is 0 Å². The summed E-state index contributed by atoms with van der Waals surface area (Å²) in [7, 11) is 0. The Bertz CT molecular complexity index is 1330. The van der Waals surface area contributed by atoms with Crippen LogP contribution in [0.2, 0.25) is 5.02 Å². The van der Waals surface area contributed by atoms with Gasteiger partial charge in [-0.2, -0.15) is 5.26 Å². The summed E-state index contributed by atoms with van der Waals surface area (Å²) >= 11 is 6.06. The monoisotopic (exact) mass is 456 g/mol. The molecule has 0 unspecified atom stereocenters. The molecule has 160 valence electrons. The molecule has 0 spiro atoms. The number of nitro benzene ring substituents is 2. The average Bonchev–Trinajstić information content (AvgIpc) is 3.21. The zero-order valence-corrected chi connectivity index (χ0v) is 16.5. The predicted molar refractivity (Wildman–Crippen MR) is 111 cm³/mol. The molecule has 1 amide bonds. The minimum atomic E-state index is -1.02. The highest BCUT2D eigenvalue weighted by Gasteiger charge is 2.17. The van der Waals surface area contributed by atoms with Crippen LogP contribution in [0.4, 0.5) is 21.5 Å². The van der Waals surface area contributed by atoms with E-state index in [9.17, 15) is 34.7 Å². The molecule has 1 heterocycles. The second-order valence-electron chi connectivity index (χ2n) is 6.17. The first kappa shape index (κ1) is 22.1. The third-order valence-corrected chi connectivity index (χ3v) is 4.43. The number of nitriles is 1. The SMILES string of the molecule is N#C/C(=C\c1ccc(-c2ccc([N+](=O)[O-])cc2Cl)o1)C(=O)Nc1cc([N+](=O)[O-])ccc1F. The summed E-state index contributed by atoms with van der Waals surface area (Å²) in [6.45, 7) is 0. The Labute approximate surface area is 183 Å². The number of furan rings is 1. The third-order valence-electron chi connectivity index (χ3n) is 4.12. The van der Waals surface area contributed by atoms with Crippen LogP contribution in [0, 0.1) is 37.4 Å². The van der Waals surface area contributed by atoms with Crippen molar-refractivity contribution >= 4 is 40.6 Å². The van der Waals surface area contributed by atoms with Crippen molar-refractivity contribution in [3.05, 3.63) is 90.9 Å². The van der Waals surface area contributed by atoms with E-state index in [1.54, 1.807) is 6.07 Å². The van der Waals surface area contributed by atoms with Crippen LogP contribution >= 0.6 is 11.6 Å². The molecule has 0 aliphatic rings. The lowest BCUT2D eigenvalue weighted by Crippen LogP contribution is -2.14. The smallest absolute Gasteiger partial charge is 0.271 e. The van der Waals surface area contributed by atoms with Gasteiger partial charge in [-0.25, -0.2) is 4.39 Å².